The number of likely N-dealkylation sites (N-methyl/N-ethyl adjacent to an activating group) is 1. The van der Waals surface area contributed by atoms with Crippen molar-refractivity contribution in [1.29, 1.82) is 0 Å². The molecule has 9 heteroatoms. The molecule has 3 aliphatic heterocycles. The minimum Gasteiger partial charge on any atom is -0.486 e. The number of hydrogen-bond acceptors (Lipinski definition) is 6. The third kappa shape index (κ3) is 4.58. The number of hydrogen-bond donors (Lipinski definition) is 1. The summed E-state index contributed by atoms with van der Waals surface area (Å²) in [5.74, 6) is 0.571. The molecule has 33 heavy (non-hydrogen) atoms. The number of carbonyl (C=O) groups excluding carboxylic acids is 2. The van der Waals surface area contributed by atoms with Gasteiger partial charge in [0.25, 0.3) is 0 Å². The summed E-state index contributed by atoms with van der Waals surface area (Å²) in [6.07, 6.45) is 0.157. The van der Waals surface area contributed by atoms with Gasteiger partial charge < -0.3 is 29.5 Å². The zero-order valence-corrected chi connectivity index (χ0v) is 19.3. The van der Waals surface area contributed by atoms with Crippen LogP contribution >= 0.6 is 11.6 Å². The van der Waals surface area contributed by atoms with Gasteiger partial charge in [-0.25, -0.2) is 0 Å². The predicted molar refractivity (Wildman–Crippen MR) is 128 cm³/mol. The molecule has 2 amide bonds. The average Bonchev–Trinajstić information content (AvgIpc) is 3.21. The standard InChI is InChI=1S/C24H27ClN4O4/c1-27-6-8-28(9-7-27)20-4-2-17(25)13-19(20)26-24(31)16-12-23(30)29(15-16)18-3-5-21-22(14-18)33-11-10-32-21/h2-5,13-14,16H,6-12,15H2,1H3,(H,26,31). The molecule has 0 spiro atoms. The molecule has 0 radical (unpaired) electrons. The van der Waals surface area contributed by atoms with Gasteiger partial charge in [-0.05, 0) is 37.4 Å². The summed E-state index contributed by atoms with van der Waals surface area (Å²) in [6, 6.07) is 11.0. The Hall–Kier alpha value is -2.97. The van der Waals surface area contributed by atoms with Crippen molar-refractivity contribution in [3.05, 3.63) is 41.4 Å². The summed E-state index contributed by atoms with van der Waals surface area (Å²) >= 11 is 6.24. The highest BCUT2D eigenvalue weighted by atomic mass is 35.5. The first-order valence-electron chi connectivity index (χ1n) is 11.2. The van der Waals surface area contributed by atoms with Gasteiger partial charge in [-0.2, -0.15) is 0 Å². The molecule has 174 valence electrons. The van der Waals surface area contributed by atoms with Crippen molar-refractivity contribution in [3.8, 4) is 11.5 Å². The zero-order chi connectivity index (χ0) is 22.9. The largest absolute Gasteiger partial charge is 0.486 e. The lowest BCUT2D eigenvalue weighted by Crippen LogP contribution is -2.44. The number of amides is 2. The normalized spacial score (nSPS) is 20.8. The first-order chi connectivity index (χ1) is 16.0. The fourth-order valence-corrected chi connectivity index (χ4v) is 4.67. The van der Waals surface area contributed by atoms with Gasteiger partial charge in [-0.15, -0.1) is 0 Å². The summed E-state index contributed by atoms with van der Waals surface area (Å²) in [5.41, 5.74) is 2.34. The summed E-state index contributed by atoms with van der Waals surface area (Å²) in [7, 11) is 2.10. The molecule has 2 fully saturated rings. The van der Waals surface area contributed by atoms with Gasteiger partial charge in [0.15, 0.2) is 11.5 Å². The lowest BCUT2D eigenvalue weighted by Gasteiger charge is -2.35. The van der Waals surface area contributed by atoms with E-state index in [-0.39, 0.29) is 18.2 Å². The van der Waals surface area contributed by atoms with E-state index < -0.39 is 5.92 Å². The Balaban J connectivity index is 1.30. The smallest absolute Gasteiger partial charge is 0.229 e. The first-order valence-corrected chi connectivity index (χ1v) is 11.6. The molecule has 2 saturated heterocycles. The number of halogens is 1. The molecular formula is C24H27ClN4O4. The summed E-state index contributed by atoms with van der Waals surface area (Å²) in [4.78, 5) is 32.1. The van der Waals surface area contributed by atoms with E-state index >= 15 is 0 Å². The highest BCUT2D eigenvalue weighted by molar-refractivity contribution is 6.31. The van der Waals surface area contributed by atoms with Gasteiger partial charge in [-0.3, -0.25) is 9.59 Å². The lowest BCUT2D eigenvalue weighted by molar-refractivity contribution is -0.122. The minimum atomic E-state index is -0.454. The number of rotatable bonds is 4. The van der Waals surface area contributed by atoms with Crippen LogP contribution in [-0.4, -0.2) is 69.7 Å². The van der Waals surface area contributed by atoms with Crippen molar-refractivity contribution in [2.45, 2.75) is 6.42 Å². The number of carbonyl (C=O) groups is 2. The van der Waals surface area contributed by atoms with Gasteiger partial charge in [0.05, 0.1) is 17.3 Å². The first kappa shape index (κ1) is 21.9. The molecule has 1 unspecified atom stereocenters. The Morgan fingerprint density at radius 2 is 1.79 bits per heavy atom. The second kappa shape index (κ2) is 9.11. The van der Waals surface area contributed by atoms with Crippen LogP contribution in [0.2, 0.25) is 5.02 Å². The van der Waals surface area contributed by atoms with E-state index in [4.69, 9.17) is 21.1 Å². The second-order valence-corrected chi connectivity index (χ2v) is 9.11. The molecule has 2 aromatic carbocycles. The molecule has 1 atom stereocenters. The third-order valence-electron chi connectivity index (χ3n) is 6.39. The lowest BCUT2D eigenvalue weighted by atomic mass is 10.1. The van der Waals surface area contributed by atoms with Crippen LogP contribution in [-0.2, 0) is 9.59 Å². The fraction of sp³-hybridized carbons (Fsp3) is 0.417. The Bertz CT molecular complexity index is 1070. The van der Waals surface area contributed by atoms with Crippen molar-refractivity contribution in [1.82, 2.24) is 4.90 Å². The number of benzene rings is 2. The van der Waals surface area contributed by atoms with E-state index in [0.717, 1.165) is 31.9 Å². The van der Waals surface area contributed by atoms with E-state index in [1.54, 1.807) is 23.1 Å². The van der Waals surface area contributed by atoms with E-state index in [9.17, 15) is 9.59 Å². The van der Waals surface area contributed by atoms with Gasteiger partial charge in [0.2, 0.25) is 11.8 Å². The molecule has 3 heterocycles. The van der Waals surface area contributed by atoms with Crippen LogP contribution in [0.5, 0.6) is 11.5 Å². The van der Waals surface area contributed by atoms with Crippen LogP contribution in [0.3, 0.4) is 0 Å². The second-order valence-electron chi connectivity index (χ2n) is 8.67. The quantitative estimate of drug-likeness (QED) is 0.740. The van der Waals surface area contributed by atoms with Crippen molar-refractivity contribution < 1.29 is 19.1 Å². The van der Waals surface area contributed by atoms with Gasteiger partial charge in [0, 0.05) is 55.9 Å². The summed E-state index contributed by atoms with van der Waals surface area (Å²) < 4.78 is 11.2. The Kier molecular flexibility index (Phi) is 6.03. The van der Waals surface area contributed by atoms with E-state index in [0.29, 0.717) is 47.7 Å². The molecule has 1 N–H and O–H groups in total. The monoisotopic (exact) mass is 470 g/mol. The summed E-state index contributed by atoms with van der Waals surface area (Å²) in [6.45, 7) is 4.97. The minimum absolute atomic E-state index is 0.0859. The molecule has 8 nitrogen and oxygen atoms in total. The Morgan fingerprint density at radius 3 is 2.58 bits per heavy atom. The maximum Gasteiger partial charge on any atom is 0.229 e. The van der Waals surface area contributed by atoms with Crippen molar-refractivity contribution >= 4 is 40.5 Å². The SMILES string of the molecule is CN1CCN(c2ccc(Cl)cc2NC(=O)C2CC(=O)N(c3ccc4c(c3)OCCO4)C2)CC1. The molecule has 0 aromatic heterocycles. The zero-order valence-electron chi connectivity index (χ0n) is 18.6. The number of anilines is 3. The van der Waals surface area contributed by atoms with Crippen LogP contribution in [0.15, 0.2) is 36.4 Å². The molecule has 2 aromatic rings. The van der Waals surface area contributed by atoms with E-state index in [1.807, 2.05) is 18.2 Å². The highest BCUT2D eigenvalue weighted by Gasteiger charge is 2.36. The van der Waals surface area contributed by atoms with Gasteiger partial charge in [0.1, 0.15) is 13.2 Å². The molecule has 0 aliphatic carbocycles. The van der Waals surface area contributed by atoms with Gasteiger partial charge in [-0.1, -0.05) is 11.6 Å². The number of nitrogens with zero attached hydrogens (tertiary/aromatic N) is 3. The van der Waals surface area contributed by atoms with Gasteiger partial charge >= 0.3 is 0 Å². The van der Waals surface area contributed by atoms with Crippen molar-refractivity contribution in [3.63, 3.8) is 0 Å². The molecule has 0 bridgehead atoms. The maximum absolute atomic E-state index is 13.2. The predicted octanol–water partition coefficient (Wildman–Crippen LogP) is 2.85. The Labute approximate surface area is 198 Å². The molecule has 3 aliphatic rings. The molecule has 5 rings (SSSR count). The van der Waals surface area contributed by atoms with Crippen LogP contribution in [0, 0.1) is 5.92 Å². The number of piperazine rings is 1. The number of fused-ring (bicyclic) bond motifs is 1. The molecular weight excluding hydrogens is 444 g/mol. The fourth-order valence-electron chi connectivity index (χ4n) is 4.50. The molecule has 0 saturated carbocycles. The maximum atomic E-state index is 13.2. The van der Waals surface area contributed by atoms with E-state index in [1.165, 1.54) is 0 Å². The van der Waals surface area contributed by atoms with E-state index in [2.05, 4.69) is 22.2 Å². The topological polar surface area (TPSA) is 74.4 Å². The third-order valence-corrected chi connectivity index (χ3v) is 6.63. The average molecular weight is 471 g/mol. The van der Waals surface area contributed by atoms with Crippen LogP contribution < -0.4 is 24.6 Å². The number of ether oxygens (including phenoxy) is 2. The van der Waals surface area contributed by atoms with Crippen LogP contribution in [0.1, 0.15) is 6.42 Å². The van der Waals surface area contributed by atoms with Crippen molar-refractivity contribution in [2.24, 2.45) is 5.92 Å². The Morgan fingerprint density at radius 1 is 1.03 bits per heavy atom. The van der Waals surface area contributed by atoms with Crippen LogP contribution in [0.4, 0.5) is 17.1 Å². The van der Waals surface area contributed by atoms with Crippen molar-refractivity contribution in [2.75, 3.05) is 68.1 Å². The highest BCUT2D eigenvalue weighted by Crippen LogP contribution is 2.36. The summed E-state index contributed by atoms with van der Waals surface area (Å²) in [5, 5.41) is 3.60. The number of nitrogens with one attached hydrogen (secondary N) is 1. The van der Waals surface area contributed by atoms with Crippen LogP contribution in [0.25, 0.3) is 0 Å².